The van der Waals surface area contributed by atoms with Gasteiger partial charge in [0.2, 0.25) is 0 Å². The Kier molecular flexibility index (Phi) is 6.71. The van der Waals surface area contributed by atoms with E-state index in [-0.39, 0.29) is 6.61 Å². The minimum absolute atomic E-state index is 0.0325. The topological polar surface area (TPSA) is 32.3 Å². The second kappa shape index (κ2) is 8.13. The van der Waals surface area contributed by atoms with Gasteiger partial charge in [0, 0.05) is 0 Å². The molecule has 0 fully saturated rings. The van der Waals surface area contributed by atoms with Crippen molar-refractivity contribution >= 4 is 0 Å². The molecule has 0 atom stereocenters. The Labute approximate surface area is 105 Å². The molecule has 0 unspecified atom stereocenters. The lowest BCUT2D eigenvalue weighted by Crippen LogP contribution is -2.06. The van der Waals surface area contributed by atoms with Crippen LogP contribution in [0.2, 0.25) is 0 Å². The fraction of sp³-hybridized carbons (Fsp3) is 0.600. The van der Waals surface area contributed by atoms with Crippen molar-refractivity contribution in [1.82, 2.24) is 0 Å². The molecule has 0 aliphatic rings. The van der Waals surface area contributed by atoms with Crippen LogP contribution in [0.1, 0.15) is 43.7 Å². The standard InChI is InChI=1S/C15H23O2/c1-3-7-14-8-9-15(13(2)12-14)17-11-6-4-5-10-16/h8-9,12H,3-7,10-11H2,1-2H3/q-1. The van der Waals surface area contributed by atoms with Gasteiger partial charge in [-0.3, -0.25) is 0 Å². The van der Waals surface area contributed by atoms with Gasteiger partial charge in [-0.1, -0.05) is 38.3 Å². The highest BCUT2D eigenvalue weighted by Gasteiger charge is 2.00. The van der Waals surface area contributed by atoms with E-state index in [4.69, 9.17) is 4.74 Å². The Hall–Kier alpha value is -1.02. The molecule has 0 aliphatic heterocycles. The van der Waals surface area contributed by atoms with Gasteiger partial charge in [-0.2, -0.15) is 0 Å². The van der Waals surface area contributed by atoms with E-state index in [0.717, 1.165) is 31.4 Å². The predicted octanol–water partition coefficient (Wildman–Crippen LogP) is 2.86. The van der Waals surface area contributed by atoms with E-state index in [2.05, 4.69) is 32.0 Å². The maximum atomic E-state index is 10.3. The van der Waals surface area contributed by atoms with Crippen LogP contribution in [-0.4, -0.2) is 13.2 Å². The smallest absolute Gasteiger partial charge is 0.122 e. The number of rotatable bonds is 8. The third-order valence-electron chi connectivity index (χ3n) is 2.82. The van der Waals surface area contributed by atoms with E-state index in [1.807, 2.05) is 0 Å². The first-order chi connectivity index (χ1) is 8.27. The molecule has 0 saturated carbocycles. The van der Waals surface area contributed by atoms with Gasteiger partial charge in [-0.05, 0) is 37.0 Å². The summed E-state index contributed by atoms with van der Waals surface area (Å²) < 4.78 is 5.71. The Bertz CT molecular complexity index is 321. The number of benzene rings is 1. The zero-order chi connectivity index (χ0) is 12.5. The summed E-state index contributed by atoms with van der Waals surface area (Å²) in [6.07, 6.45) is 5.01. The monoisotopic (exact) mass is 235 g/mol. The maximum absolute atomic E-state index is 10.3. The maximum Gasteiger partial charge on any atom is 0.122 e. The molecular weight excluding hydrogens is 212 g/mol. The molecule has 0 amide bonds. The lowest BCUT2D eigenvalue weighted by atomic mass is 10.1. The van der Waals surface area contributed by atoms with Crippen LogP contribution in [0.4, 0.5) is 0 Å². The number of ether oxygens (including phenoxy) is 1. The molecule has 0 aliphatic carbocycles. The average Bonchev–Trinajstić information content (AvgIpc) is 2.32. The fourth-order valence-electron chi connectivity index (χ4n) is 1.88. The Morgan fingerprint density at radius 1 is 1.18 bits per heavy atom. The van der Waals surface area contributed by atoms with Gasteiger partial charge in [-0.25, -0.2) is 0 Å². The van der Waals surface area contributed by atoms with E-state index in [1.165, 1.54) is 17.5 Å². The van der Waals surface area contributed by atoms with Crippen molar-refractivity contribution < 1.29 is 9.84 Å². The SMILES string of the molecule is CCCc1ccc(OCCCCC[O-])c(C)c1. The van der Waals surface area contributed by atoms with Crippen LogP contribution in [-0.2, 0) is 6.42 Å². The zero-order valence-electron chi connectivity index (χ0n) is 11.0. The average molecular weight is 235 g/mol. The van der Waals surface area contributed by atoms with Gasteiger partial charge in [0.15, 0.2) is 0 Å². The first-order valence-electron chi connectivity index (χ1n) is 6.58. The van der Waals surface area contributed by atoms with Crippen LogP contribution in [0.25, 0.3) is 0 Å². The molecule has 0 bridgehead atoms. The fourth-order valence-corrected chi connectivity index (χ4v) is 1.88. The second-order valence-electron chi connectivity index (χ2n) is 4.46. The highest BCUT2D eigenvalue weighted by molar-refractivity contribution is 5.36. The van der Waals surface area contributed by atoms with E-state index in [0.29, 0.717) is 6.61 Å². The molecule has 0 radical (unpaired) electrons. The van der Waals surface area contributed by atoms with Crippen LogP contribution in [0, 0.1) is 6.92 Å². The summed E-state index contributed by atoms with van der Waals surface area (Å²) >= 11 is 0. The lowest BCUT2D eigenvalue weighted by molar-refractivity contribution is -0.368. The van der Waals surface area contributed by atoms with Gasteiger partial charge >= 0.3 is 0 Å². The minimum Gasteiger partial charge on any atom is -0.854 e. The van der Waals surface area contributed by atoms with Crippen LogP contribution in [0.15, 0.2) is 18.2 Å². The molecule has 1 rings (SSSR count). The normalized spacial score (nSPS) is 10.5. The molecule has 2 heteroatoms. The van der Waals surface area contributed by atoms with Gasteiger partial charge in [-0.15, -0.1) is 6.61 Å². The van der Waals surface area contributed by atoms with Crippen molar-refractivity contribution in [2.75, 3.05) is 13.2 Å². The third-order valence-corrected chi connectivity index (χ3v) is 2.82. The van der Waals surface area contributed by atoms with Crippen molar-refractivity contribution in [3.05, 3.63) is 29.3 Å². The number of unbranched alkanes of at least 4 members (excludes halogenated alkanes) is 2. The lowest BCUT2D eigenvalue weighted by Gasteiger charge is -2.11. The molecule has 17 heavy (non-hydrogen) atoms. The molecule has 2 nitrogen and oxygen atoms in total. The zero-order valence-corrected chi connectivity index (χ0v) is 11.0. The molecule has 1 aromatic carbocycles. The van der Waals surface area contributed by atoms with E-state index < -0.39 is 0 Å². The minimum atomic E-state index is 0.0325. The van der Waals surface area contributed by atoms with Gasteiger partial charge < -0.3 is 9.84 Å². The first kappa shape index (κ1) is 14.0. The molecule has 96 valence electrons. The highest BCUT2D eigenvalue weighted by atomic mass is 16.5. The summed E-state index contributed by atoms with van der Waals surface area (Å²) in [4.78, 5) is 0. The predicted molar refractivity (Wildman–Crippen MR) is 69.4 cm³/mol. The van der Waals surface area contributed by atoms with E-state index >= 15 is 0 Å². The highest BCUT2D eigenvalue weighted by Crippen LogP contribution is 2.20. The molecule has 0 N–H and O–H groups in total. The largest absolute Gasteiger partial charge is 0.854 e. The van der Waals surface area contributed by atoms with Gasteiger partial charge in [0.1, 0.15) is 5.75 Å². The van der Waals surface area contributed by atoms with Crippen LogP contribution < -0.4 is 9.84 Å². The van der Waals surface area contributed by atoms with E-state index in [1.54, 1.807) is 0 Å². The van der Waals surface area contributed by atoms with Crippen LogP contribution in [0.5, 0.6) is 5.75 Å². The molecule has 0 aromatic heterocycles. The summed E-state index contributed by atoms with van der Waals surface area (Å²) in [6, 6.07) is 6.41. The van der Waals surface area contributed by atoms with Crippen molar-refractivity contribution in [3.8, 4) is 5.75 Å². The summed E-state index contributed by atoms with van der Waals surface area (Å²) in [5.74, 6) is 0.979. The number of aryl methyl sites for hydroxylation is 2. The summed E-state index contributed by atoms with van der Waals surface area (Å²) in [5.41, 5.74) is 2.59. The quantitative estimate of drug-likeness (QED) is 0.649. The Morgan fingerprint density at radius 3 is 2.65 bits per heavy atom. The third kappa shape index (κ3) is 5.22. The Morgan fingerprint density at radius 2 is 2.00 bits per heavy atom. The number of hydrogen-bond acceptors (Lipinski definition) is 2. The molecule has 0 spiro atoms. The van der Waals surface area contributed by atoms with Crippen LogP contribution in [0.3, 0.4) is 0 Å². The van der Waals surface area contributed by atoms with Crippen molar-refractivity contribution in [1.29, 1.82) is 0 Å². The Balaban J connectivity index is 2.38. The van der Waals surface area contributed by atoms with Gasteiger partial charge in [0.05, 0.1) is 6.61 Å². The van der Waals surface area contributed by atoms with E-state index in [9.17, 15) is 5.11 Å². The van der Waals surface area contributed by atoms with Gasteiger partial charge in [0.25, 0.3) is 0 Å². The summed E-state index contributed by atoms with van der Waals surface area (Å²) in [6.45, 7) is 5.03. The summed E-state index contributed by atoms with van der Waals surface area (Å²) in [7, 11) is 0. The molecule has 0 heterocycles. The molecule has 1 aromatic rings. The second-order valence-corrected chi connectivity index (χ2v) is 4.46. The molecular formula is C15H23O2-. The first-order valence-corrected chi connectivity index (χ1v) is 6.58. The van der Waals surface area contributed by atoms with Crippen molar-refractivity contribution in [2.24, 2.45) is 0 Å². The van der Waals surface area contributed by atoms with Crippen molar-refractivity contribution in [3.63, 3.8) is 0 Å². The molecule has 0 saturated heterocycles. The van der Waals surface area contributed by atoms with Crippen LogP contribution >= 0.6 is 0 Å². The number of hydrogen-bond donors (Lipinski definition) is 0. The summed E-state index contributed by atoms with van der Waals surface area (Å²) in [5, 5.41) is 10.3. The van der Waals surface area contributed by atoms with Crippen molar-refractivity contribution in [2.45, 2.75) is 46.0 Å².